The van der Waals surface area contributed by atoms with Crippen LogP contribution in [-0.2, 0) is 30.3 Å². The molecule has 0 bridgehead atoms. The third-order valence-electron chi connectivity index (χ3n) is 9.96. The van der Waals surface area contributed by atoms with Crippen LogP contribution in [0.3, 0.4) is 0 Å². The minimum absolute atomic E-state index is 0.0737. The van der Waals surface area contributed by atoms with Crippen LogP contribution in [0.15, 0.2) is 84.7 Å². The molecule has 2 aromatic rings. The van der Waals surface area contributed by atoms with Crippen molar-refractivity contribution < 1.29 is 29.0 Å². The van der Waals surface area contributed by atoms with Crippen molar-refractivity contribution in [2.45, 2.75) is 70.3 Å². The van der Waals surface area contributed by atoms with Gasteiger partial charge in [0.1, 0.15) is 11.9 Å². The zero-order valence-corrected chi connectivity index (χ0v) is 24.7. The molecule has 0 saturated heterocycles. The number of benzene rings is 2. The van der Waals surface area contributed by atoms with Gasteiger partial charge in [-0.15, -0.1) is 6.58 Å². The standard InChI is InChI=1S/C20H26O3.C16H14O3/c1-12(21)23-19-8-7-18-17-5-3-13-11-14(22)4-6-15(13)16(17)9-10-20(18,19)2;1-3-12(11-7-5-4-6-8-11)13-9-15(18)16(19-2)10-14(13)17/h4,6,11,16-19,22H,3,5,7-10H2,1-2H3;3-10,12H,1H2,2H3. The van der Waals surface area contributed by atoms with E-state index in [1.165, 1.54) is 56.6 Å². The Hall–Kier alpha value is -3.93. The number of carbonyl (C=O) groups excluding carboxylic acids is 3. The van der Waals surface area contributed by atoms with Crippen LogP contribution in [0.2, 0.25) is 0 Å². The maximum atomic E-state index is 12.1. The number of methoxy groups -OCH3 is 1. The van der Waals surface area contributed by atoms with E-state index in [9.17, 15) is 19.5 Å². The Morgan fingerprint density at radius 3 is 2.50 bits per heavy atom. The van der Waals surface area contributed by atoms with Gasteiger partial charge in [-0.25, -0.2) is 0 Å². The lowest BCUT2D eigenvalue weighted by Gasteiger charge is -2.50. The molecule has 6 nitrogen and oxygen atoms in total. The lowest BCUT2D eigenvalue weighted by molar-refractivity contribution is -0.154. The number of phenolic OH excluding ortho intramolecular Hbond substituents is 1. The van der Waals surface area contributed by atoms with Crippen LogP contribution in [0.1, 0.15) is 74.5 Å². The zero-order valence-electron chi connectivity index (χ0n) is 24.7. The summed E-state index contributed by atoms with van der Waals surface area (Å²) in [6.07, 6.45) is 11.1. The number of hydrogen-bond donors (Lipinski definition) is 1. The van der Waals surface area contributed by atoms with Crippen LogP contribution >= 0.6 is 0 Å². The van der Waals surface area contributed by atoms with Crippen molar-refractivity contribution in [3.8, 4) is 5.75 Å². The zero-order chi connectivity index (χ0) is 30.0. The van der Waals surface area contributed by atoms with Gasteiger partial charge in [0.25, 0.3) is 0 Å². The van der Waals surface area contributed by atoms with E-state index in [0.717, 1.165) is 24.8 Å². The molecule has 42 heavy (non-hydrogen) atoms. The molecule has 220 valence electrons. The van der Waals surface area contributed by atoms with Gasteiger partial charge in [0.2, 0.25) is 5.78 Å². The summed E-state index contributed by atoms with van der Waals surface area (Å²) < 4.78 is 10.5. The van der Waals surface area contributed by atoms with Gasteiger partial charge >= 0.3 is 5.97 Å². The number of fused-ring (bicyclic) bond motifs is 5. The Kier molecular flexibility index (Phi) is 8.53. The fourth-order valence-corrected chi connectivity index (χ4v) is 7.98. The second kappa shape index (κ2) is 12.1. The predicted octanol–water partition coefficient (Wildman–Crippen LogP) is 6.74. The fraction of sp³-hybridized carbons (Fsp3) is 0.417. The molecular formula is C36H40O6. The van der Waals surface area contributed by atoms with Crippen molar-refractivity contribution in [2.24, 2.45) is 17.3 Å². The topological polar surface area (TPSA) is 89.9 Å². The predicted molar refractivity (Wildman–Crippen MR) is 161 cm³/mol. The normalized spacial score (nSPS) is 28.5. The highest BCUT2D eigenvalue weighted by Gasteiger charge is 2.56. The average Bonchev–Trinajstić information content (AvgIpc) is 3.31. The molecule has 1 N–H and O–H groups in total. The molecule has 0 spiro atoms. The van der Waals surface area contributed by atoms with Crippen LogP contribution < -0.4 is 0 Å². The molecular weight excluding hydrogens is 528 g/mol. The molecule has 6 unspecified atom stereocenters. The number of allylic oxidation sites excluding steroid dienone is 4. The monoisotopic (exact) mass is 568 g/mol. The molecule has 4 aliphatic rings. The molecule has 6 rings (SSSR count). The van der Waals surface area contributed by atoms with Gasteiger partial charge in [0.15, 0.2) is 11.5 Å². The van der Waals surface area contributed by atoms with E-state index < -0.39 is 0 Å². The van der Waals surface area contributed by atoms with Gasteiger partial charge in [-0.2, -0.15) is 0 Å². The Bertz CT molecular complexity index is 1440. The van der Waals surface area contributed by atoms with Crippen LogP contribution in [-0.4, -0.2) is 35.9 Å². The van der Waals surface area contributed by atoms with E-state index in [2.05, 4.69) is 19.6 Å². The number of carbonyl (C=O) groups is 3. The Labute approximate surface area is 248 Å². The number of rotatable bonds is 5. The molecule has 0 amide bonds. The van der Waals surface area contributed by atoms with Crippen molar-refractivity contribution in [2.75, 3.05) is 7.11 Å². The lowest BCUT2D eigenvalue weighted by Crippen LogP contribution is -2.45. The molecule has 0 aliphatic heterocycles. The summed E-state index contributed by atoms with van der Waals surface area (Å²) in [6.45, 7) is 7.64. The largest absolute Gasteiger partial charge is 0.508 e. The number of phenols is 1. The smallest absolute Gasteiger partial charge is 0.302 e. The molecule has 4 aliphatic carbocycles. The minimum atomic E-state index is -0.292. The van der Waals surface area contributed by atoms with Crippen molar-refractivity contribution in [1.29, 1.82) is 0 Å². The summed E-state index contributed by atoms with van der Waals surface area (Å²) in [4.78, 5) is 35.3. The maximum absolute atomic E-state index is 12.1. The third-order valence-corrected chi connectivity index (χ3v) is 9.96. The Morgan fingerprint density at radius 1 is 1.05 bits per heavy atom. The highest BCUT2D eigenvalue weighted by molar-refractivity contribution is 6.19. The van der Waals surface area contributed by atoms with E-state index >= 15 is 0 Å². The third kappa shape index (κ3) is 5.59. The minimum Gasteiger partial charge on any atom is -0.508 e. The number of esters is 1. The molecule has 2 fully saturated rings. The SMILES string of the molecule is C=CC(C1=CC(=O)C(OC)=CC1=O)c1ccccc1.CC(=O)OC1CCC2C3CCc4cc(O)ccc4C3CCC12C. The molecule has 2 saturated carbocycles. The van der Waals surface area contributed by atoms with E-state index in [1.807, 2.05) is 42.5 Å². The molecule has 0 heterocycles. The van der Waals surface area contributed by atoms with Crippen LogP contribution in [0.25, 0.3) is 0 Å². The second-order valence-electron chi connectivity index (χ2n) is 12.2. The first-order valence-corrected chi connectivity index (χ1v) is 14.9. The number of aromatic hydroxyl groups is 1. The van der Waals surface area contributed by atoms with Gasteiger partial charge in [0, 0.05) is 29.9 Å². The Morgan fingerprint density at radius 2 is 1.81 bits per heavy atom. The highest BCUT2D eigenvalue weighted by Crippen LogP contribution is 2.61. The Balaban J connectivity index is 0.000000172. The first-order valence-electron chi connectivity index (χ1n) is 14.9. The van der Waals surface area contributed by atoms with Crippen molar-refractivity contribution >= 4 is 17.5 Å². The van der Waals surface area contributed by atoms with Crippen LogP contribution in [0, 0.1) is 17.3 Å². The van der Waals surface area contributed by atoms with Crippen LogP contribution in [0.5, 0.6) is 5.75 Å². The van der Waals surface area contributed by atoms with E-state index in [1.54, 1.807) is 6.08 Å². The number of ketones is 2. The van der Waals surface area contributed by atoms with Gasteiger partial charge in [0.05, 0.1) is 7.11 Å². The van der Waals surface area contributed by atoms with Gasteiger partial charge in [-0.3, -0.25) is 14.4 Å². The second-order valence-corrected chi connectivity index (χ2v) is 12.2. The first kappa shape index (κ1) is 29.6. The molecule has 0 aromatic heterocycles. The van der Waals surface area contributed by atoms with Crippen molar-refractivity contribution in [3.63, 3.8) is 0 Å². The highest BCUT2D eigenvalue weighted by atomic mass is 16.5. The van der Waals surface area contributed by atoms with Gasteiger partial charge in [-0.05, 0) is 91.2 Å². The summed E-state index contributed by atoms with van der Waals surface area (Å²) in [5.74, 6) is 1.51. The van der Waals surface area contributed by atoms with Crippen molar-refractivity contribution in [1.82, 2.24) is 0 Å². The quantitative estimate of drug-likeness (QED) is 0.244. The molecule has 0 radical (unpaired) electrons. The summed E-state index contributed by atoms with van der Waals surface area (Å²) >= 11 is 0. The van der Waals surface area contributed by atoms with Crippen LogP contribution in [0.4, 0.5) is 0 Å². The molecule has 6 heteroatoms. The van der Waals surface area contributed by atoms with Gasteiger partial charge in [-0.1, -0.05) is 49.4 Å². The lowest BCUT2D eigenvalue weighted by atomic mass is 9.55. The fourth-order valence-electron chi connectivity index (χ4n) is 7.98. The summed E-state index contributed by atoms with van der Waals surface area (Å²) in [6, 6.07) is 15.4. The van der Waals surface area contributed by atoms with E-state index in [0.29, 0.717) is 29.1 Å². The van der Waals surface area contributed by atoms with E-state index in [4.69, 9.17) is 9.47 Å². The first-order chi connectivity index (χ1) is 20.2. The molecule has 6 atom stereocenters. The number of aryl methyl sites for hydroxylation is 1. The van der Waals surface area contributed by atoms with Crippen molar-refractivity contribution in [3.05, 3.63) is 101 Å². The summed E-state index contributed by atoms with van der Waals surface area (Å²) in [5.41, 5.74) is 4.30. The average molecular weight is 569 g/mol. The summed E-state index contributed by atoms with van der Waals surface area (Å²) in [7, 11) is 1.37. The number of ether oxygens (including phenoxy) is 2. The maximum Gasteiger partial charge on any atom is 0.302 e. The number of hydrogen-bond acceptors (Lipinski definition) is 6. The summed E-state index contributed by atoms with van der Waals surface area (Å²) in [5, 5.41) is 9.75. The van der Waals surface area contributed by atoms with Gasteiger partial charge < -0.3 is 14.6 Å². The molecule has 2 aromatic carbocycles. The van der Waals surface area contributed by atoms with E-state index in [-0.39, 0.29) is 40.7 Å².